The van der Waals surface area contributed by atoms with Crippen molar-refractivity contribution in [3.8, 4) is 0 Å². The van der Waals surface area contributed by atoms with Gasteiger partial charge in [0.05, 0.1) is 0 Å². The molecule has 2 rings (SSSR count). The molecule has 0 bridgehead atoms. The van der Waals surface area contributed by atoms with Gasteiger partial charge < -0.3 is 20.1 Å². The number of ether oxygens (including phenoxy) is 2. The molecule has 5 nitrogen and oxygen atoms in total. The Balaban J connectivity index is 2.32. The summed E-state index contributed by atoms with van der Waals surface area (Å²) in [6, 6.07) is 2.12. The van der Waals surface area contributed by atoms with Crippen LogP contribution in [-0.2, 0) is 9.47 Å². The molecule has 7 heteroatoms. The molecule has 1 fully saturated rings. The second-order valence-corrected chi connectivity index (χ2v) is 4.66. The van der Waals surface area contributed by atoms with E-state index in [-0.39, 0.29) is 29.3 Å². The van der Waals surface area contributed by atoms with Crippen LogP contribution >= 0.6 is 0 Å². The van der Waals surface area contributed by atoms with Crippen LogP contribution in [0.5, 0.6) is 0 Å². The fourth-order valence-corrected chi connectivity index (χ4v) is 2.40. The van der Waals surface area contributed by atoms with E-state index in [0.717, 1.165) is 12.1 Å². The number of nitrogens with zero attached hydrogens (tertiary/aromatic N) is 1. The SMILES string of the molecule is COC1CN(c2c(F)cc(C(=N)N)cc2F)CC1OC. The maximum Gasteiger partial charge on any atom is 0.150 e. The van der Waals surface area contributed by atoms with Gasteiger partial charge in [0, 0.05) is 32.9 Å². The fourth-order valence-electron chi connectivity index (χ4n) is 2.40. The van der Waals surface area contributed by atoms with Crippen LogP contribution in [0.3, 0.4) is 0 Å². The summed E-state index contributed by atoms with van der Waals surface area (Å²) in [7, 11) is 3.07. The third-order valence-electron chi connectivity index (χ3n) is 3.46. The molecule has 110 valence electrons. The van der Waals surface area contributed by atoms with Gasteiger partial charge in [-0.3, -0.25) is 5.41 Å². The molecule has 0 spiro atoms. The van der Waals surface area contributed by atoms with Crippen molar-refractivity contribution in [3.63, 3.8) is 0 Å². The Morgan fingerprint density at radius 2 is 1.65 bits per heavy atom. The first-order valence-corrected chi connectivity index (χ1v) is 6.12. The monoisotopic (exact) mass is 285 g/mol. The highest BCUT2D eigenvalue weighted by molar-refractivity contribution is 5.95. The van der Waals surface area contributed by atoms with E-state index in [9.17, 15) is 8.78 Å². The van der Waals surface area contributed by atoms with Crippen molar-refractivity contribution in [2.24, 2.45) is 5.73 Å². The molecule has 1 aromatic rings. The van der Waals surface area contributed by atoms with Crippen LogP contribution in [0.2, 0.25) is 0 Å². The van der Waals surface area contributed by atoms with Crippen molar-refractivity contribution in [2.45, 2.75) is 12.2 Å². The summed E-state index contributed by atoms with van der Waals surface area (Å²) >= 11 is 0. The molecular weight excluding hydrogens is 268 g/mol. The molecule has 1 aliphatic rings. The third kappa shape index (κ3) is 2.59. The van der Waals surface area contributed by atoms with E-state index in [1.807, 2.05) is 0 Å². The topological polar surface area (TPSA) is 71.6 Å². The second kappa shape index (κ2) is 5.72. The van der Waals surface area contributed by atoms with E-state index in [2.05, 4.69) is 0 Å². The average Bonchev–Trinajstić information content (AvgIpc) is 2.80. The van der Waals surface area contributed by atoms with Crippen LogP contribution in [0.4, 0.5) is 14.5 Å². The molecule has 2 atom stereocenters. The van der Waals surface area contributed by atoms with E-state index < -0.39 is 11.6 Å². The Morgan fingerprint density at radius 3 is 2.00 bits per heavy atom. The van der Waals surface area contributed by atoms with Gasteiger partial charge in [-0.2, -0.15) is 0 Å². The molecule has 2 unspecified atom stereocenters. The lowest BCUT2D eigenvalue weighted by molar-refractivity contribution is -0.00461. The molecule has 1 heterocycles. The van der Waals surface area contributed by atoms with Crippen molar-refractivity contribution >= 4 is 11.5 Å². The van der Waals surface area contributed by atoms with Crippen LogP contribution in [0, 0.1) is 17.0 Å². The summed E-state index contributed by atoms with van der Waals surface area (Å²) in [5.41, 5.74) is 5.12. The number of nitrogen functional groups attached to an aromatic ring is 1. The molecular formula is C13H17F2N3O2. The Morgan fingerprint density at radius 1 is 1.20 bits per heavy atom. The van der Waals surface area contributed by atoms with Crippen molar-refractivity contribution in [2.75, 3.05) is 32.2 Å². The normalized spacial score (nSPS) is 22.3. The zero-order valence-corrected chi connectivity index (χ0v) is 11.3. The van der Waals surface area contributed by atoms with Crippen molar-refractivity contribution in [1.29, 1.82) is 5.41 Å². The quantitative estimate of drug-likeness (QED) is 0.642. The predicted octanol–water partition coefficient (Wildman–Crippen LogP) is 1.10. The molecule has 1 saturated heterocycles. The number of halogens is 2. The minimum Gasteiger partial charge on any atom is -0.384 e. The molecule has 0 aromatic heterocycles. The van der Waals surface area contributed by atoms with Gasteiger partial charge in [-0.05, 0) is 12.1 Å². The van der Waals surface area contributed by atoms with Crippen LogP contribution < -0.4 is 10.6 Å². The summed E-state index contributed by atoms with van der Waals surface area (Å²) in [4.78, 5) is 1.54. The Kier molecular flexibility index (Phi) is 4.20. The van der Waals surface area contributed by atoms with Crippen LogP contribution in [0.25, 0.3) is 0 Å². The maximum absolute atomic E-state index is 14.1. The van der Waals surface area contributed by atoms with Crippen LogP contribution in [0.15, 0.2) is 12.1 Å². The predicted molar refractivity (Wildman–Crippen MR) is 71.2 cm³/mol. The molecule has 0 aliphatic carbocycles. The second-order valence-electron chi connectivity index (χ2n) is 4.66. The van der Waals surface area contributed by atoms with Gasteiger partial charge in [-0.25, -0.2) is 8.78 Å². The summed E-state index contributed by atoms with van der Waals surface area (Å²) in [5, 5.41) is 7.22. The highest BCUT2D eigenvalue weighted by Gasteiger charge is 2.35. The number of hydrogen-bond acceptors (Lipinski definition) is 4. The molecule has 1 aliphatic heterocycles. The number of methoxy groups -OCH3 is 2. The lowest BCUT2D eigenvalue weighted by Gasteiger charge is -2.20. The van der Waals surface area contributed by atoms with Crippen molar-refractivity contribution < 1.29 is 18.3 Å². The maximum atomic E-state index is 14.1. The first-order chi connectivity index (χ1) is 9.47. The summed E-state index contributed by atoms with van der Waals surface area (Å²) < 4.78 is 38.6. The van der Waals surface area contributed by atoms with Gasteiger partial charge in [0.2, 0.25) is 0 Å². The lowest BCUT2D eigenvalue weighted by atomic mass is 10.1. The van der Waals surface area contributed by atoms with Crippen molar-refractivity contribution in [3.05, 3.63) is 29.3 Å². The van der Waals surface area contributed by atoms with Crippen molar-refractivity contribution in [1.82, 2.24) is 0 Å². The highest BCUT2D eigenvalue weighted by atomic mass is 19.1. The van der Waals surface area contributed by atoms with E-state index in [1.54, 1.807) is 0 Å². The smallest absolute Gasteiger partial charge is 0.150 e. The summed E-state index contributed by atoms with van der Waals surface area (Å²) in [5.74, 6) is -1.87. The first-order valence-electron chi connectivity index (χ1n) is 6.12. The number of nitrogens with two attached hydrogens (primary N) is 1. The van der Waals surface area contributed by atoms with E-state index in [4.69, 9.17) is 20.6 Å². The molecule has 3 N–H and O–H groups in total. The molecule has 20 heavy (non-hydrogen) atoms. The van der Waals surface area contributed by atoms with Gasteiger partial charge in [0.25, 0.3) is 0 Å². The number of benzene rings is 1. The van der Waals surface area contributed by atoms with Crippen LogP contribution in [-0.4, -0.2) is 45.4 Å². The molecule has 0 radical (unpaired) electrons. The van der Waals surface area contributed by atoms with Gasteiger partial charge in [-0.15, -0.1) is 0 Å². The number of amidine groups is 1. The summed E-state index contributed by atoms with van der Waals surface area (Å²) in [6.45, 7) is 0.671. The first kappa shape index (κ1) is 14.7. The molecule has 0 saturated carbocycles. The van der Waals surface area contributed by atoms with Gasteiger partial charge in [0.1, 0.15) is 35.4 Å². The standard InChI is InChI=1S/C13H17F2N3O2/c1-19-10-5-18(6-11(10)20-2)12-8(14)3-7(13(16)17)4-9(12)15/h3-4,10-11H,5-6H2,1-2H3,(H3,16,17). The van der Waals surface area contributed by atoms with E-state index in [0.29, 0.717) is 13.1 Å². The fraction of sp³-hybridized carbons (Fsp3) is 0.462. The van der Waals surface area contributed by atoms with Crippen LogP contribution in [0.1, 0.15) is 5.56 Å². The largest absolute Gasteiger partial charge is 0.384 e. The third-order valence-corrected chi connectivity index (χ3v) is 3.46. The number of rotatable bonds is 4. The molecule has 0 amide bonds. The average molecular weight is 285 g/mol. The van der Waals surface area contributed by atoms with Gasteiger partial charge in [0.15, 0.2) is 0 Å². The zero-order chi connectivity index (χ0) is 14.9. The highest BCUT2D eigenvalue weighted by Crippen LogP contribution is 2.29. The number of anilines is 1. The Labute approximate surface area is 115 Å². The lowest BCUT2D eigenvalue weighted by Crippen LogP contribution is -2.27. The number of nitrogens with one attached hydrogen (secondary N) is 1. The van der Waals surface area contributed by atoms with Gasteiger partial charge in [-0.1, -0.05) is 0 Å². The Bertz CT molecular complexity index is 489. The Hall–Kier alpha value is -1.73. The van der Waals surface area contributed by atoms with E-state index >= 15 is 0 Å². The summed E-state index contributed by atoms with van der Waals surface area (Å²) in [6.07, 6.45) is -0.488. The van der Waals surface area contributed by atoms with Gasteiger partial charge >= 0.3 is 0 Å². The van der Waals surface area contributed by atoms with E-state index in [1.165, 1.54) is 19.1 Å². The molecule has 1 aromatic carbocycles. The minimum absolute atomic E-state index is 0.0227. The zero-order valence-electron chi connectivity index (χ0n) is 11.3. The number of hydrogen-bond donors (Lipinski definition) is 2. The minimum atomic E-state index is -0.748.